The molecule has 15 rings (SSSR count). The maximum absolute atomic E-state index is 5.40. The summed E-state index contributed by atoms with van der Waals surface area (Å²) in [7, 11) is 0. The van der Waals surface area contributed by atoms with Crippen LogP contribution >= 0.6 is 0 Å². The number of dihydropyridines is 1. The zero-order valence-electron chi connectivity index (χ0n) is 37.6. The quantitative estimate of drug-likeness (QED) is 0.180. The lowest BCUT2D eigenvalue weighted by Crippen LogP contribution is -2.26. The van der Waals surface area contributed by atoms with Crippen molar-refractivity contribution in [2.75, 3.05) is 0 Å². The average Bonchev–Trinajstić information content (AvgIpc) is 4.16. The van der Waals surface area contributed by atoms with Crippen LogP contribution in [0.25, 0.3) is 122 Å². The number of nitrogens with zero attached hydrogens (tertiary/aromatic N) is 7. The van der Waals surface area contributed by atoms with E-state index in [1.807, 2.05) is 0 Å². The van der Waals surface area contributed by atoms with Gasteiger partial charge in [0.2, 0.25) is 0 Å². The third kappa shape index (κ3) is 5.61. The normalized spacial score (nSPS) is 14.0. The molecule has 328 valence electrons. The third-order valence-corrected chi connectivity index (χ3v) is 14.2. The molecular formula is C62H40N8. The van der Waals surface area contributed by atoms with Gasteiger partial charge >= 0.3 is 0 Å². The molecule has 0 aliphatic carbocycles. The smallest absolute Gasteiger partial charge is 0.138 e. The molecule has 7 aromatic carbocycles. The molecule has 0 bridgehead atoms. The molecule has 8 nitrogen and oxygen atoms in total. The highest BCUT2D eigenvalue weighted by Crippen LogP contribution is 2.43. The number of benzene rings is 7. The molecule has 0 spiro atoms. The number of pyridine rings is 3. The van der Waals surface area contributed by atoms with Crippen molar-refractivity contribution in [2.45, 2.75) is 6.17 Å². The van der Waals surface area contributed by atoms with Crippen molar-refractivity contribution in [3.8, 4) is 28.8 Å². The fourth-order valence-corrected chi connectivity index (χ4v) is 11.3. The van der Waals surface area contributed by atoms with Gasteiger partial charge in [-0.15, -0.1) is 0 Å². The van der Waals surface area contributed by atoms with Crippen molar-refractivity contribution in [1.29, 1.82) is 0 Å². The minimum absolute atomic E-state index is 0.184. The Labute approximate surface area is 400 Å². The highest BCUT2D eigenvalue weighted by molar-refractivity contribution is 6.28. The molecule has 0 saturated heterocycles. The van der Waals surface area contributed by atoms with E-state index >= 15 is 0 Å². The van der Waals surface area contributed by atoms with Crippen molar-refractivity contribution in [3.05, 3.63) is 236 Å². The summed E-state index contributed by atoms with van der Waals surface area (Å²) < 4.78 is 9.27. The minimum Gasteiger partial charge on any atom is -0.360 e. The van der Waals surface area contributed by atoms with Gasteiger partial charge < -0.3 is 9.88 Å². The predicted molar refractivity (Wildman–Crippen MR) is 287 cm³/mol. The summed E-state index contributed by atoms with van der Waals surface area (Å²) >= 11 is 0. The first-order chi connectivity index (χ1) is 34.7. The van der Waals surface area contributed by atoms with Crippen molar-refractivity contribution >= 4 is 92.9 Å². The number of allylic oxidation sites excluding steroid dienone is 2. The van der Waals surface area contributed by atoms with Gasteiger partial charge in [-0.2, -0.15) is 0 Å². The van der Waals surface area contributed by atoms with Crippen LogP contribution in [0.1, 0.15) is 11.9 Å². The highest BCUT2D eigenvalue weighted by atomic mass is 15.2. The van der Waals surface area contributed by atoms with Crippen LogP contribution in [-0.2, 0) is 0 Å². The number of rotatable bonds is 6. The van der Waals surface area contributed by atoms with Crippen molar-refractivity contribution in [2.24, 2.45) is 0 Å². The first-order valence-electron chi connectivity index (χ1n) is 23.7. The molecule has 70 heavy (non-hydrogen) atoms. The summed E-state index contributed by atoms with van der Waals surface area (Å²) in [4.78, 5) is 16.0. The number of aromatic nitrogens is 7. The van der Waals surface area contributed by atoms with E-state index in [2.05, 4.69) is 254 Å². The van der Waals surface area contributed by atoms with Crippen LogP contribution in [-0.4, -0.2) is 33.2 Å². The Hall–Kier alpha value is -9.53. The van der Waals surface area contributed by atoms with Crippen molar-refractivity contribution < 1.29 is 0 Å². The minimum atomic E-state index is -0.184. The molecule has 1 N–H and O–H groups in total. The summed E-state index contributed by atoms with van der Waals surface area (Å²) in [5.74, 6) is 2.56. The van der Waals surface area contributed by atoms with Crippen LogP contribution in [0, 0.1) is 0 Å². The monoisotopic (exact) mass is 896 g/mol. The molecule has 1 unspecified atom stereocenters. The molecule has 7 aromatic heterocycles. The number of fused-ring (bicyclic) bond motifs is 13. The fraction of sp³-hybridized carbons (Fsp3) is 0.0161. The molecule has 14 aromatic rings. The van der Waals surface area contributed by atoms with Crippen LogP contribution in [0.5, 0.6) is 0 Å². The first-order valence-corrected chi connectivity index (χ1v) is 23.7. The van der Waals surface area contributed by atoms with Crippen molar-refractivity contribution in [1.82, 2.24) is 38.5 Å². The van der Waals surface area contributed by atoms with Gasteiger partial charge in [-0.3, -0.25) is 13.7 Å². The standard InChI is InChI=1S/C62H40N8/c1-7-27-49-39(17-1)40-18-2-8-28-50(40)67(49)57-33-13-23-45(63-57)47-25-15-35-59(65-47)69-53-31-11-5-21-43(53)61-55(69)37-38-56-62(61)44-22-6-12-32-54(44)70(56)60-36-16-26-48(66-60)46-24-14-34-58(64-46)68-51-29-9-3-19-41(51)42-20-4-10-30-52(42)68/h1-38,59,65H. The summed E-state index contributed by atoms with van der Waals surface area (Å²) in [5, 5.41) is 13.5. The fourth-order valence-electron chi connectivity index (χ4n) is 11.3. The zero-order valence-corrected chi connectivity index (χ0v) is 37.6. The topological polar surface area (TPSA) is 70.4 Å². The second-order valence-electron chi connectivity index (χ2n) is 18.0. The van der Waals surface area contributed by atoms with E-state index in [0.717, 1.165) is 84.4 Å². The SMILES string of the molecule is C1=CC(n2c3ccccc3c3c4c5ccccc5n(-c5cccc(-c6cccc(-n7c8ccccc8c8ccccc87)n6)n5)c4ccc32)NC(c2cccc(-n3c4ccccc4c4ccccc43)n2)=C1. The van der Waals surface area contributed by atoms with Gasteiger partial charge in [0.15, 0.2) is 0 Å². The highest BCUT2D eigenvalue weighted by Gasteiger charge is 2.25. The molecule has 8 heteroatoms. The van der Waals surface area contributed by atoms with Crippen molar-refractivity contribution in [3.63, 3.8) is 0 Å². The number of nitrogens with one attached hydrogen (secondary N) is 1. The summed E-state index contributed by atoms with van der Waals surface area (Å²) in [5.41, 5.74) is 12.4. The summed E-state index contributed by atoms with van der Waals surface area (Å²) in [6, 6.07) is 75.0. The molecule has 0 saturated carbocycles. The lowest BCUT2D eigenvalue weighted by atomic mass is 10.1. The van der Waals surface area contributed by atoms with Crippen LogP contribution in [0.3, 0.4) is 0 Å². The van der Waals surface area contributed by atoms with Gasteiger partial charge in [0.25, 0.3) is 0 Å². The van der Waals surface area contributed by atoms with E-state index in [9.17, 15) is 0 Å². The Balaban J connectivity index is 0.841. The van der Waals surface area contributed by atoms with E-state index < -0.39 is 0 Å². The Kier molecular flexibility index (Phi) is 8.26. The second-order valence-corrected chi connectivity index (χ2v) is 18.0. The molecule has 0 radical (unpaired) electrons. The van der Waals surface area contributed by atoms with Gasteiger partial charge in [0, 0.05) is 43.1 Å². The number of para-hydroxylation sites is 6. The molecule has 0 fully saturated rings. The maximum Gasteiger partial charge on any atom is 0.138 e. The Bertz CT molecular complexity index is 4430. The Morgan fingerprint density at radius 1 is 0.314 bits per heavy atom. The number of hydrogen-bond donors (Lipinski definition) is 1. The lowest BCUT2D eigenvalue weighted by Gasteiger charge is -2.25. The summed E-state index contributed by atoms with van der Waals surface area (Å²) in [6.45, 7) is 0. The molecule has 1 aliphatic heterocycles. The zero-order chi connectivity index (χ0) is 45.9. The first kappa shape index (κ1) is 38.6. The van der Waals surface area contributed by atoms with Crippen LogP contribution < -0.4 is 5.32 Å². The van der Waals surface area contributed by atoms with Crippen LogP contribution in [0.15, 0.2) is 231 Å². The Morgan fingerprint density at radius 2 is 0.686 bits per heavy atom. The predicted octanol–water partition coefficient (Wildman–Crippen LogP) is 14.6. The maximum atomic E-state index is 5.40. The van der Waals surface area contributed by atoms with E-state index in [0.29, 0.717) is 0 Å². The molecule has 0 amide bonds. The van der Waals surface area contributed by atoms with E-state index in [1.165, 1.54) is 43.1 Å². The second kappa shape index (κ2) is 15.0. The van der Waals surface area contributed by atoms with Crippen LogP contribution in [0.2, 0.25) is 0 Å². The van der Waals surface area contributed by atoms with Gasteiger partial charge in [-0.25, -0.2) is 15.0 Å². The molecule has 8 heterocycles. The number of hydrogen-bond acceptors (Lipinski definition) is 4. The third-order valence-electron chi connectivity index (χ3n) is 14.2. The van der Waals surface area contributed by atoms with E-state index in [-0.39, 0.29) is 6.17 Å². The molecule has 1 atom stereocenters. The average molecular weight is 897 g/mol. The van der Waals surface area contributed by atoms with E-state index in [4.69, 9.17) is 15.0 Å². The lowest BCUT2D eigenvalue weighted by molar-refractivity contribution is 0.588. The van der Waals surface area contributed by atoms with E-state index in [1.54, 1.807) is 0 Å². The molecular weight excluding hydrogens is 857 g/mol. The molecule has 1 aliphatic rings. The van der Waals surface area contributed by atoms with Gasteiger partial charge in [0.1, 0.15) is 23.6 Å². The van der Waals surface area contributed by atoms with Gasteiger partial charge in [0.05, 0.1) is 66.9 Å². The van der Waals surface area contributed by atoms with Gasteiger partial charge in [-0.1, -0.05) is 133 Å². The van der Waals surface area contributed by atoms with Crippen LogP contribution in [0.4, 0.5) is 0 Å². The van der Waals surface area contributed by atoms with Gasteiger partial charge in [-0.05, 0) is 97.1 Å². The largest absolute Gasteiger partial charge is 0.360 e. The Morgan fingerprint density at radius 3 is 1.20 bits per heavy atom. The summed E-state index contributed by atoms with van der Waals surface area (Å²) in [6.07, 6.45) is 6.34.